The van der Waals surface area contributed by atoms with E-state index in [-0.39, 0.29) is 29.4 Å². The van der Waals surface area contributed by atoms with E-state index in [1.54, 1.807) is 6.07 Å². The highest BCUT2D eigenvalue weighted by molar-refractivity contribution is 6.08. The van der Waals surface area contributed by atoms with E-state index in [1.165, 1.54) is 13.8 Å². The average Bonchev–Trinajstić information content (AvgIpc) is 2.84. The van der Waals surface area contributed by atoms with Crippen LogP contribution in [0.2, 0.25) is 0 Å². The van der Waals surface area contributed by atoms with Gasteiger partial charge < -0.3 is 10.1 Å². The molecule has 0 bridgehead atoms. The number of ketones is 1. The number of hydrogen-bond acceptors (Lipinski definition) is 7. The van der Waals surface area contributed by atoms with E-state index in [2.05, 4.69) is 0 Å². The number of imide groups is 1. The SMILES string of the molecule is CC(=N)[C@@H](C#N)C(=O)COC(=O)[C@H](C)N1C(=O)[C@H]2CCCC[C@H]2C1=O. The fourth-order valence-corrected chi connectivity index (χ4v) is 3.43. The zero-order valence-electron chi connectivity index (χ0n) is 14.3. The zero-order valence-corrected chi connectivity index (χ0v) is 14.3. The standard InChI is InChI=1S/C17H21N3O5/c1-9(19)13(7-18)14(21)8-25-17(24)10(2)20-15(22)11-5-3-4-6-12(11)16(20)23/h10-13,19H,3-6,8H2,1-2H3/t10-,11-,12+,13+/m0/s1. The summed E-state index contributed by atoms with van der Waals surface area (Å²) < 4.78 is 4.88. The van der Waals surface area contributed by atoms with Gasteiger partial charge in [-0.2, -0.15) is 5.26 Å². The molecule has 0 aromatic rings. The third kappa shape index (κ3) is 3.60. The molecule has 0 unspecified atom stereocenters. The van der Waals surface area contributed by atoms with E-state index in [0.29, 0.717) is 12.8 Å². The molecule has 0 aromatic carbocycles. The van der Waals surface area contributed by atoms with E-state index < -0.39 is 30.3 Å². The summed E-state index contributed by atoms with van der Waals surface area (Å²) in [5, 5.41) is 16.2. The topological polar surface area (TPSA) is 128 Å². The van der Waals surface area contributed by atoms with Crippen molar-refractivity contribution in [2.24, 2.45) is 17.8 Å². The second-order valence-electron chi connectivity index (χ2n) is 6.54. The quantitative estimate of drug-likeness (QED) is 0.431. The molecular weight excluding hydrogens is 326 g/mol. The highest BCUT2D eigenvalue weighted by atomic mass is 16.5. The highest BCUT2D eigenvalue weighted by Gasteiger charge is 2.51. The number of nitrogens with zero attached hydrogens (tertiary/aromatic N) is 2. The van der Waals surface area contributed by atoms with Gasteiger partial charge in [0.25, 0.3) is 0 Å². The van der Waals surface area contributed by atoms with Crippen LogP contribution >= 0.6 is 0 Å². The van der Waals surface area contributed by atoms with Crippen molar-refractivity contribution in [3.63, 3.8) is 0 Å². The number of rotatable bonds is 6. The number of nitrogens with one attached hydrogen (secondary N) is 1. The minimum absolute atomic E-state index is 0.134. The van der Waals surface area contributed by atoms with E-state index >= 15 is 0 Å². The number of esters is 1. The van der Waals surface area contributed by atoms with E-state index in [1.807, 2.05) is 0 Å². The lowest BCUT2D eigenvalue weighted by atomic mass is 9.81. The van der Waals surface area contributed by atoms with Gasteiger partial charge >= 0.3 is 5.97 Å². The molecule has 25 heavy (non-hydrogen) atoms. The molecule has 8 nitrogen and oxygen atoms in total. The summed E-state index contributed by atoms with van der Waals surface area (Å²) in [7, 11) is 0. The van der Waals surface area contributed by atoms with Crippen molar-refractivity contribution in [1.29, 1.82) is 10.7 Å². The van der Waals surface area contributed by atoms with Crippen LogP contribution in [0.4, 0.5) is 0 Å². The van der Waals surface area contributed by atoms with Gasteiger partial charge in [-0.05, 0) is 26.7 Å². The minimum atomic E-state index is -1.26. The van der Waals surface area contributed by atoms with E-state index in [0.717, 1.165) is 17.7 Å². The van der Waals surface area contributed by atoms with Crippen LogP contribution in [0, 0.1) is 34.5 Å². The van der Waals surface area contributed by atoms with E-state index in [9.17, 15) is 19.2 Å². The van der Waals surface area contributed by atoms with Crippen LogP contribution < -0.4 is 0 Å². The van der Waals surface area contributed by atoms with Gasteiger partial charge in [-0.1, -0.05) is 12.8 Å². The number of amides is 2. The third-order valence-electron chi connectivity index (χ3n) is 4.84. The molecular formula is C17H21N3O5. The van der Waals surface area contributed by atoms with Crippen molar-refractivity contribution < 1.29 is 23.9 Å². The summed E-state index contributed by atoms with van der Waals surface area (Å²) in [4.78, 5) is 49.8. The molecule has 1 saturated carbocycles. The predicted octanol–water partition coefficient (Wildman–Crippen LogP) is 0.842. The number of likely N-dealkylation sites (tertiary alicyclic amines) is 1. The Morgan fingerprint density at radius 3 is 2.24 bits per heavy atom. The summed E-state index contributed by atoms with van der Waals surface area (Å²) in [6.45, 7) is 2.05. The van der Waals surface area contributed by atoms with Crippen LogP contribution in [-0.4, -0.2) is 46.8 Å². The molecule has 2 fully saturated rings. The molecule has 2 aliphatic rings. The summed E-state index contributed by atoms with van der Waals surface area (Å²) in [6, 6.07) is 0.562. The van der Waals surface area contributed by atoms with Crippen LogP contribution in [0.5, 0.6) is 0 Å². The van der Waals surface area contributed by atoms with Gasteiger partial charge in [0.1, 0.15) is 12.0 Å². The fraction of sp³-hybridized carbons (Fsp3) is 0.647. The second-order valence-corrected chi connectivity index (χ2v) is 6.54. The number of carbonyl (C=O) groups is 4. The molecule has 4 atom stereocenters. The van der Waals surface area contributed by atoms with Gasteiger partial charge in [0.05, 0.1) is 17.9 Å². The van der Waals surface area contributed by atoms with Crippen molar-refractivity contribution in [2.75, 3.05) is 6.61 Å². The largest absolute Gasteiger partial charge is 0.456 e. The first kappa shape index (κ1) is 18.8. The Morgan fingerprint density at radius 1 is 1.28 bits per heavy atom. The number of nitriles is 1. The predicted molar refractivity (Wildman–Crippen MR) is 85.2 cm³/mol. The number of hydrogen-bond donors (Lipinski definition) is 1. The lowest BCUT2D eigenvalue weighted by molar-refractivity contribution is -0.159. The first-order chi connectivity index (χ1) is 11.8. The van der Waals surface area contributed by atoms with Gasteiger partial charge in [0.2, 0.25) is 11.8 Å². The van der Waals surface area contributed by atoms with Crippen LogP contribution in [0.15, 0.2) is 0 Å². The molecule has 0 radical (unpaired) electrons. The molecule has 1 heterocycles. The summed E-state index contributed by atoms with van der Waals surface area (Å²) in [5.41, 5.74) is -0.134. The van der Waals surface area contributed by atoms with Gasteiger partial charge in [0, 0.05) is 5.71 Å². The average molecular weight is 347 g/mol. The maximum absolute atomic E-state index is 12.4. The Hall–Kier alpha value is -2.56. The Bertz CT molecular complexity index is 642. The van der Waals surface area contributed by atoms with Gasteiger partial charge in [-0.15, -0.1) is 0 Å². The molecule has 2 rings (SSSR count). The smallest absolute Gasteiger partial charge is 0.329 e. The monoisotopic (exact) mass is 347 g/mol. The maximum atomic E-state index is 12.4. The van der Waals surface area contributed by atoms with Crippen molar-refractivity contribution in [2.45, 2.75) is 45.6 Å². The van der Waals surface area contributed by atoms with Crippen LogP contribution in [0.1, 0.15) is 39.5 Å². The molecule has 1 aliphatic heterocycles. The van der Waals surface area contributed by atoms with Crippen LogP contribution in [0.3, 0.4) is 0 Å². The Labute approximate surface area is 145 Å². The molecule has 0 spiro atoms. The van der Waals surface area contributed by atoms with E-state index in [4.69, 9.17) is 15.4 Å². The molecule has 0 aromatic heterocycles. The van der Waals surface area contributed by atoms with Crippen molar-refractivity contribution in [1.82, 2.24) is 4.90 Å². The summed E-state index contributed by atoms with van der Waals surface area (Å²) in [5.74, 6) is -4.26. The normalized spacial score (nSPS) is 24.9. The van der Waals surface area contributed by atoms with Gasteiger partial charge in [-0.3, -0.25) is 19.3 Å². The lowest BCUT2D eigenvalue weighted by Gasteiger charge is -2.21. The first-order valence-corrected chi connectivity index (χ1v) is 8.30. The molecule has 134 valence electrons. The Morgan fingerprint density at radius 2 is 1.80 bits per heavy atom. The van der Waals surface area contributed by atoms with Crippen LogP contribution in [0.25, 0.3) is 0 Å². The van der Waals surface area contributed by atoms with Gasteiger partial charge in [0.15, 0.2) is 12.4 Å². The molecule has 1 aliphatic carbocycles. The molecule has 8 heteroatoms. The Balaban J connectivity index is 1.99. The third-order valence-corrected chi connectivity index (χ3v) is 4.84. The molecule has 1 saturated heterocycles. The number of Topliss-reactive ketones (excluding diaryl/α,β-unsaturated/α-hetero) is 1. The lowest BCUT2D eigenvalue weighted by Crippen LogP contribution is -2.45. The van der Waals surface area contributed by atoms with Crippen molar-refractivity contribution >= 4 is 29.3 Å². The minimum Gasteiger partial charge on any atom is -0.456 e. The van der Waals surface area contributed by atoms with Gasteiger partial charge in [-0.25, -0.2) is 4.79 Å². The fourth-order valence-electron chi connectivity index (χ4n) is 3.43. The van der Waals surface area contributed by atoms with Crippen molar-refractivity contribution in [3.8, 4) is 6.07 Å². The Kier molecular flexibility index (Phi) is 5.67. The number of ether oxygens (including phenoxy) is 1. The number of fused-ring (bicyclic) bond motifs is 1. The summed E-state index contributed by atoms with van der Waals surface area (Å²) in [6.07, 6.45) is 3.07. The second kappa shape index (κ2) is 7.55. The zero-order chi connectivity index (χ0) is 18.7. The summed E-state index contributed by atoms with van der Waals surface area (Å²) >= 11 is 0. The first-order valence-electron chi connectivity index (χ1n) is 8.30. The molecule has 1 N–H and O–H groups in total. The highest BCUT2D eigenvalue weighted by Crippen LogP contribution is 2.38. The van der Waals surface area contributed by atoms with Crippen molar-refractivity contribution in [3.05, 3.63) is 0 Å². The van der Waals surface area contributed by atoms with Crippen LogP contribution in [-0.2, 0) is 23.9 Å². The maximum Gasteiger partial charge on any atom is 0.329 e. The molecule has 2 amide bonds. The number of carbonyl (C=O) groups excluding carboxylic acids is 4.